The summed E-state index contributed by atoms with van der Waals surface area (Å²) in [5, 5.41) is 14.2. The Morgan fingerprint density at radius 2 is 1.45 bits per heavy atom. The third-order valence-corrected chi connectivity index (χ3v) is 6.61. The van der Waals surface area contributed by atoms with Gasteiger partial charge in [-0.2, -0.15) is 0 Å². The Morgan fingerprint density at radius 1 is 0.881 bits per heavy atom. The summed E-state index contributed by atoms with van der Waals surface area (Å²) in [7, 11) is 1.53. The van der Waals surface area contributed by atoms with Gasteiger partial charge < -0.3 is 32.1 Å². The number of carbonyl (C=O) groups excluding carboxylic acids is 3. The van der Waals surface area contributed by atoms with E-state index in [9.17, 15) is 24.3 Å². The van der Waals surface area contributed by atoms with Crippen molar-refractivity contribution in [3.05, 3.63) is 107 Å². The Balaban J connectivity index is 2.09. The molecule has 0 bridgehead atoms. The van der Waals surface area contributed by atoms with Gasteiger partial charge >= 0.3 is 5.97 Å². The molecule has 0 aliphatic carbocycles. The fourth-order valence-electron chi connectivity index (χ4n) is 4.58. The molecule has 0 fully saturated rings. The van der Waals surface area contributed by atoms with Crippen LogP contribution in [0.1, 0.15) is 45.8 Å². The Kier molecular flexibility index (Phi) is 11.6. The molecule has 0 unspecified atom stereocenters. The van der Waals surface area contributed by atoms with Crippen molar-refractivity contribution in [2.45, 2.75) is 31.3 Å². The van der Waals surface area contributed by atoms with E-state index < -0.39 is 30.4 Å². The Labute approximate surface area is 244 Å². The van der Waals surface area contributed by atoms with Gasteiger partial charge in [0.05, 0.1) is 5.92 Å². The van der Waals surface area contributed by atoms with Crippen LogP contribution in [0.4, 0.5) is 0 Å². The molecule has 11 heteroatoms. The summed E-state index contributed by atoms with van der Waals surface area (Å²) in [5.41, 5.74) is 13.5. The SMILES string of the molecule is CNC(=O)c1ccc(CN(C(=O)C(c2ccccc2)c2ccccc2)[C@H](CCCN=C(N)N)C(=O)NCC(=O)O)cc1. The number of hydrogen-bond donors (Lipinski definition) is 5. The molecule has 220 valence electrons. The van der Waals surface area contributed by atoms with E-state index in [1.807, 2.05) is 60.7 Å². The monoisotopic (exact) mass is 572 g/mol. The molecule has 42 heavy (non-hydrogen) atoms. The third-order valence-electron chi connectivity index (χ3n) is 6.61. The zero-order valence-corrected chi connectivity index (χ0v) is 23.4. The topological polar surface area (TPSA) is 180 Å². The molecule has 0 aliphatic rings. The first-order valence-electron chi connectivity index (χ1n) is 13.5. The number of amides is 3. The van der Waals surface area contributed by atoms with Gasteiger partial charge in [0, 0.05) is 25.7 Å². The van der Waals surface area contributed by atoms with Crippen LogP contribution in [0.15, 0.2) is 89.9 Å². The van der Waals surface area contributed by atoms with Crippen LogP contribution in [0.25, 0.3) is 0 Å². The number of aliphatic carboxylic acids is 1. The first-order valence-corrected chi connectivity index (χ1v) is 13.5. The quantitative estimate of drug-likeness (QED) is 0.111. The van der Waals surface area contributed by atoms with Gasteiger partial charge in [0.15, 0.2) is 5.96 Å². The lowest BCUT2D eigenvalue weighted by Crippen LogP contribution is -2.51. The normalized spacial score (nSPS) is 11.3. The van der Waals surface area contributed by atoms with E-state index in [1.54, 1.807) is 24.3 Å². The number of aliphatic imine (C=N–C) groups is 1. The molecular formula is C31H36N6O5. The fourth-order valence-corrected chi connectivity index (χ4v) is 4.58. The van der Waals surface area contributed by atoms with E-state index in [1.165, 1.54) is 11.9 Å². The minimum absolute atomic E-state index is 0.0243. The van der Waals surface area contributed by atoms with E-state index in [0.717, 1.165) is 11.1 Å². The summed E-state index contributed by atoms with van der Waals surface area (Å²) < 4.78 is 0. The number of rotatable bonds is 14. The lowest BCUT2D eigenvalue weighted by Gasteiger charge is -2.34. The van der Waals surface area contributed by atoms with Crippen LogP contribution in [0.3, 0.4) is 0 Å². The molecule has 3 rings (SSSR count). The lowest BCUT2D eigenvalue weighted by atomic mass is 9.89. The van der Waals surface area contributed by atoms with Crippen molar-refractivity contribution in [1.82, 2.24) is 15.5 Å². The summed E-state index contributed by atoms with van der Waals surface area (Å²) in [5.74, 6) is -3.27. The Morgan fingerprint density at radius 3 is 1.95 bits per heavy atom. The number of carboxylic acids is 1. The highest BCUT2D eigenvalue weighted by Gasteiger charge is 2.35. The predicted octanol–water partition coefficient (Wildman–Crippen LogP) is 1.83. The highest BCUT2D eigenvalue weighted by molar-refractivity contribution is 5.94. The van der Waals surface area contributed by atoms with E-state index in [-0.39, 0.29) is 37.3 Å². The van der Waals surface area contributed by atoms with Crippen LogP contribution in [0.2, 0.25) is 0 Å². The zero-order chi connectivity index (χ0) is 30.5. The van der Waals surface area contributed by atoms with Crippen molar-refractivity contribution >= 4 is 29.7 Å². The van der Waals surface area contributed by atoms with Gasteiger partial charge in [-0.25, -0.2) is 0 Å². The standard InChI is InChI=1S/C31H36N6O5/c1-34-28(40)24-16-14-21(15-17-24)20-37(25(13-8-18-35-31(32)33)29(41)36-19-26(38)39)30(42)27(22-9-4-2-5-10-22)23-11-6-3-7-12-23/h2-7,9-12,14-17,25,27H,8,13,18-20H2,1H3,(H,34,40)(H,36,41)(H,38,39)(H4,32,33,35)/t25-/m1/s1. The molecule has 0 saturated carbocycles. The largest absolute Gasteiger partial charge is 0.480 e. The smallest absolute Gasteiger partial charge is 0.322 e. The van der Waals surface area contributed by atoms with Gasteiger partial charge in [-0.05, 0) is 41.7 Å². The summed E-state index contributed by atoms with van der Waals surface area (Å²) in [6.45, 7) is -0.363. The number of benzene rings is 3. The summed E-state index contributed by atoms with van der Waals surface area (Å²) in [6, 6.07) is 24.1. The number of hydrogen-bond acceptors (Lipinski definition) is 5. The zero-order valence-electron chi connectivity index (χ0n) is 23.4. The van der Waals surface area contributed by atoms with Crippen LogP contribution in [-0.2, 0) is 20.9 Å². The van der Waals surface area contributed by atoms with E-state index >= 15 is 0 Å². The number of guanidine groups is 1. The lowest BCUT2D eigenvalue weighted by molar-refractivity contribution is -0.143. The molecule has 1 atom stereocenters. The van der Waals surface area contributed by atoms with Gasteiger partial charge in [-0.1, -0.05) is 72.8 Å². The molecule has 11 nitrogen and oxygen atoms in total. The van der Waals surface area contributed by atoms with E-state index in [2.05, 4.69) is 15.6 Å². The van der Waals surface area contributed by atoms with Crippen LogP contribution < -0.4 is 22.1 Å². The van der Waals surface area contributed by atoms with Crippen molar-refractivity contribution in [3.63, 3.8) is 0 Å². The van der Waals surface area contributed by atoms with Crippen molar-refractivity contribution < 1.29 is 24.3 Å². The third kappa shape index (κ3) is 8.91. The first kappa shape index (κ1) is 31.3. The number of nitrogens with two attached hydrogens (primary N) is 2. The van der Waals surface area contributed by atoms with Crippen molar-refractivity contribution in [1.29, 1.82) is 0 Å². The van der Waals surface area contributed by atoms with Crippen LogP contribution >= 0.6 is 0 Å². The van der Waals surface area contributed by atoms with Gasteiger partial charge in [-0.3, -0.25) is 24.2 Å². The molecule has 0 aromatic heterocycles. The maximum absolute atomic E-state index is 14.6. The average Bonchev–Trinajstić information content (AvgIpc) is 3.00. The van der Waals surface area contributed by atoms with Crippen molar-refractivity contribution in [2.24, 2.45) is 16.5 Å². The van der Waals surface area contributed by atoms with E-state index in [4.69, 9.17) is 11.5 Å². The molecule has 0 radical (unpaired) electrons. The number of carboxylic acid groups (broad SMARTS) is 1. The number of nitrogens with one attached hydrogen (secondary N) is 2. The minimum Gasteiger partial charge on any atom is -0.480 e. The molecule has 3 aromatic rings. The predicted molar refractivity (Wildman–Crippen MR) is 159 cm³/mol. The van der Waals surface area contributed by atoms with Gasteiger partial charge in [-0.15, -0.1) is 0 Å². The Bertz CT molecular complexity index is 1340. The molecule has 0 aliphatic heterocycles. The molecular weight excluding hydrogens is 536 g/mol. The molecule has 0 saturated heterocycles. The molecule has 0 spiro atoms. The van der Waals surface area contributed by atoms with Crippen molar-refractivity contribution in [2.75, 3.05) is 20.1 Å². The highest BCUT2D eigenvalue weighted by atomic mass is 16.4. The van der Waals surface area contributed by atoms with Gasteiger partial charge in [0.25, 0.3) is 5.91 Å². The molecule has 7 N–H and O–H groups in total. The first-order chi connectivity index (χ1) is 20.2. The van der Waals surface area contributed by atoms with Gasteiger partial charge in [0.1, 0.15) is 12.6 Å². The van der Waals surface area contributed by atoms with Crippen LogP contribution in [0.5, 0.6) is 0 Å². The highest BCUT2D eigenvalue weighted by Crippen LogP contribution is 2.29. The maximum Gasteiger partial charge on any atom is 0.322 e. The van der Waals surface area contributed by atoms with Crippen molar-refractivity contribution in [3.8, 4) is 0 Å². The number of carbonyl (C=O) groups is 4. The average molecular weight is 573 g/mol. The maximum atomic E-state index is 14.6. The number of nitrogens with zero attached hydrogens (tertiary/aromatic N) is 2. The molecule has 3 aromatic carbocycles. The summed E-state index contributed by atoms with van der Waals surface area (Å²) in [6.07, 6.45) is 0.518. The minimum atomic E-state index is -1.21. The second kappa shape index (κ2) is 15.6. The van der Waals surface area contributed by atoms with Crippen LogP contribution in [-0.4, -0.2) is 65.8 Å². The fraction of sp³-hybridized carbons (Fsp3) is 0.258. The second-order valence-electron chi connectivity index (χ2n) is 9.57. The molecule has 0 heterocycles. The molecule has 3 amide bonds. The Hall–Kier alpha value is -5.19. The van der Waals surface area contributed by atoms with Gasteiger partial charge in [0.2, 0.25) is 11.8 Å². The summed E-state index contributed by atoms with van der Waals surface area (Å²) >= 11 is 0. The second-order valence-corrected chi connectivity index (χ2v) is 9.57. The summed E-state index contributed by atoms with van der Waals surface area (Å²) in [4.78, 5) is 56.9. The van der Waals surface area contributed by atoms with E-state index in [0.29, 0.717) is 17.5 Å². The van der Waals surface area contributed by atoms with Crippen LogP contribution in [0, 0.1) is 0 Å².